The molecule has 0 saturated carbocycles. The third-order valence-corrected chi connectivity index (χ3v) is 3.97. The van der Waals surface area contributed by atoms with Crippen LogP contribution in [-0.4, -0.2) is 33.6 Å². The number of amides is 1. The van der Waals surface area contributed by atoms with Gasteiger partial charge in [-0.1, -0.05) is 6.07 Å². The molecule has 0 aliphatic heterocycles. The molecule has 0 bridgehead atoms. The summed E-state index contributed by atoms with van der Waals surface area (Å²) in [7, 11) is 0. The van der Waals surface area contributed by atoms with Gasteiger partial charge in [0, 0.05) is 11.8 Å². The maximum atomic E-state index is 12.6. The van der Waals surface area contributed by atoms with Crippen molar-refractivity contribution in [2.45, 2.75) is 26.1 Å². The van der Waals surface area contributed by atoms with Gasteiger partial charge in [0.05, 0.1) is 23.4 Å². The number of aromatic amines is 1. The molecule has 1 unspecified atom stereocenters. The van der Waals surface area contributed by atoms with Crippen LogP contribution in [0.1, 0.15) is 34.5 Å². The van der Waals surface area contributed by atoms with Gasteiger partial charge in [-0.05, 0) is 37.6 Å². The number of H-pyrrole nitrogens is 1. The molecule has 2 aromatic heterocycles. The molecule has 0 saturated heterocycles. The van der Waals surface area contributed by atoms with E-state index >= 15 is 0 Å². The molecule has 2 N–H and O–H groups in total. The van der Waals surface area contributed by atoms with E-state index in [1.165, 1.54) is 12.5 Å². The quantitative estimate of drug-likeness (QED) is 0.710. The van der Waals surface area contributed by atoms with Gasteiger partial charge in [0.15, 0.2) is 6.61 Å². The van der Waals surface area contributed by atoms with Crippen LogP contribution in [0.15, 0.2) is 36.8 Å². The molecular weight excluding hydrogens is 361 g/mol. The van der Waals surface area contributed by atoms with E-state index in [2.05, 4.69) is 20.3 Å². The highest BCUT2D eigenvalue weighted by molar-refractivity contribution is 6.04. The molecule has 0 aliphatic carbocycles. The minimum Gasteiger partial charge on any atom is -0.468 e. The first-order chi connectivity index (χ1) is 12.7. The largest absolute Gasteiger partial charge is 0.468 e. The van der Waals surface area contributed by atoms with Crippen molar-refractivity contribution in [1.82, 2.24) is 20.3 Å². The fraction of sp³-hybridized carbons (Fsp3) is 0.278. The number of aryl methyl sites for hydroxylation is 1. The highest BCUT2D eigenvalue weighted by Crippen LogP contribution is 2.23. The lowest BCUT2D eigenvalue weighted by Gasteiger charge is -2.16. The van der Waals surface area contributed by atoms with E-state index in [1.807, 2.05) is 6.07 Å². The van der Waals surface area contributed by atoms with E-state index in [0.29, 0.717) is 22.2 Å². The second-order valence-corrected chi connectivity index (χ2v) is 6.09. The van der Waals surface area contributed by atoms with E-state index in [-0.39, 0.29) is 11.8 Å². The van der Waals surface area contributed by atoms with Gasteiger partial charge in [0.2, 0.25) is 5.88 Å². The Morgan fingerprint density at radius 3 is 2.81 bits per heavy atom. The molecule has 0 fully saturated rings. The van der Waals surface area contributed by atoms with Gasteiger partial charge in [-0.25, -0.2) is 9.97 Å². The number of fused-ring (bicyclic) bond motifs is 1. The van der Waals surface area contributed by atoms with Crippen LogP contribution in [0.25, 0.3) is 11.0 Å². The van der Waals surface area contributed by atoms with Crippen LogP contribution in [0.2, 0.25) is 0 Å². The lowest BCUT2D eigenvalue weighted by Crippen LogP contribution is -2.27. The highest BCUT2D eigenvalue weighted by Gasteiger charge is 2.29. The zero-order valence-electron chi connectivity index (χ0n) is 14.6. The van der Waals surface area contributed by atoms with Gasteiger partial charge in [-0.2, -0.15) is 13.2 Å². The number of nitrogens with zero attached hydrogens (tertiary/aromatic N) is 2. The molecule has 1 amide bonds. The molecule has 9 heteroatoms. The molecule has 27 heavy (non-hydrogen) atoms. The topological polar surface area (TPSA) is 79.9 Å². The molecule has 6 nitrogen and oxygen atoms in total. The number of alkyl halides is 3. The normalized spacial score (nSPS) is 12.8. The number of ether oxygens (including phenoxy) is 1. The van der Waals surface area contributed by atoms with Crippen molar-refractivity contribution in [2.24, 2.45) is 0 Å². The highest BCUT2D eigenvalue weighted by atomic mass is 19.4. The number of para-hydroxylation sites is 1. The summed E-state index contributed by atoms with van der Waals surface area (Å²) in [5, 5.41) is 2.84. The molecule has 3 aromatic rings. The number of carbonyl (C=O) groups excluding carboxylic acids is 1. The van der Waals surface area contributed by atoms with E-state index < -0.39 is 18.8 Å². The van der Waals surface area contributed by atoms with Crippen molar-refractivity contribution in [1.29, 1.82) is 0 Å². The number of imidazole rings is 1. The summed E-state index contributed by atoms with van der Waals surface area (Å²) in [5.41, 5.74) is 2.84. The Bertz CT molecular complexity index is 969. The summed E-state index contributed by atoms with van der Waals surface area (Å²) >= 11 is 0. The Morgan fingerprint density at radius 2 is 2.11 bits per heavy atom. The first-order valence-electron chi connectivity index (χ1n) is 8.13. The minimum absolute atomic E-state index is 0.0871. The maximum absolute atomic E-state index is 12.6. The fourth-order valence-electron chi connectivity index (χ4n) is 2.63. The zero-order valence-corrected chi connectivity index (χ0v) is 14.6. The molecule has 0 spiro atoms. The van der Waals surface area contributed by atoms with E-state index in [1.54, 1.807) is 32.0 Å². The Hall–Kier alpha value is -3.10. The molecule has 2 heterocycles. The zero-order chi connectivity index (χ0) is 19.6. The Morgan fingerprint density at radius 1 is 1.33 bits per heavy atom. The van der Waals surface area contributed by atoms with Crippen LogP contribution in [0, 0.1) is 6.92 Å². The number of benzene rings is 1. The van der Waals surface area contributed by atoms with Gasteiger partial charge in [-0.15, -0.1) is 0 Å². The van der Waals surface area contributed by atoms with Crippen LogP contribution >= 0.6 is 0 Å². The summed E-state index contributed by atoms with van der Waals surface area (Å²) < 4.78 is 41.5. The van der Waals surface area contributed by atoms with Crippen LogP contribution in [0.5, 0.6) is 5.88 Å². The van der Waals surface area contributed by atoms with Gasteiger partial charge < -0.3 is 15.0 Å². The van der Waals surface area contributed by atoms with Crippen molar-refractivity contribution in [2.75, 3.05) is 6.61 Å². The van der Waals surface area contributed by atoms with Crippen molar-refractivity contribution < 1.29 is 22.7 Å². The third-order valence-electron chi connectivity index (χ3n) is 3.97. The lowest BCUT2D eigenvalue weighted by molar-refractivity contribution is -0.154. The number of hydrogen-bond donors (Lipinski definition) is 2. The Kier molecular flexibility index (Phi) is 5.02. The maximum Gasteiger partial charge on any atom is 0.422 e. The second-order valence-electron chi connectivity index (χ2n) is 6.09. The smallest absolute Gasteiger partial charge is 0.422 e. The van der Waals surface area contributed by atoms with Gasteiger partial charge in [0.1, 0.15) is 5.52 Å². The summed E-state index contributed by atoms with van der Waals surface area (Å²) in [4.78, 5) is 23.6. The van der Waals surface area contributed by atoms with Crippen molar-refractivity contribution >= 4 is 16.9 Å². The molecule has 0 aliphatic rings. The summed E-state index contributed by atoms with van der Waals surface area (Å²) in [6, 6.07) is 6.46. The number of aromatic nitrogens is 3. The molecule has 0 radical (unpaired) electrons. The predicted octanol–water partition coefficient (Wildman–Crippen LogP) is 3.70. The summed E-state index contributed by atoms with van der Waals surface area (Å²) in [6.07, 6.45) is -1.53. The number of nitrogens with one attached hydrogen (secondary N) is 2. The monoisotopic (exact) mass is 378 g/mol. The number of carbonyl (C=O) groups is 1. The van der Waals surface area contributed by atoms with Crippen LogP contribution in [0.3, 0.4) is 0 Å². The third kappa shape index (κ3) is 4.36. The molecular formula is C18H17F3N4O2. The SMILES string of the molecule is Cc1cc(C(C)NC(=O)c2cccc3[nH]cnc23)cnc1OCC(F)(F)F. The van der Waals surface area contributed by atoms with E-state index in [9.17, 15) is 18.0 Å². The van der Waals surface area contributed by atoms with Crippen LogP contribution in [0.4, 0.5) is 13.2 Å². The summed E-state index contributed by atoms with van der Waals surface area (Å²) in [6.45, 7) is 1.95. The number of rotatable bonds is 5. The van der Waals surface area contributed by atoms with Crippen LogP contribution < -0.4 is 10.1 Å². The number of pyridine rings is 1. The minimum atomic E-state index is -4.43. The molecule has 142 valence electrons. The molecule has 1 atom stereocenters. The van der Waals surface area contributed by atoms with Crippen molar-refractivity contribution in [3.8, 4) is 5.88 Å². The Balaban J connectivity index is 1.72. The first-order valence-corrected chi connectivity index (χ1v) is 8.13. The predicted molar refractivity (Wildman–Crippen MR) is 92.5 cm³/mol. The van der Waals surface area contributed by atoms with E-state index in [0.717, 1.165) is 5.52 Å². The van der Waals surface area contributed by atoms with E-state index in [4.69, 9.17) is 4.74 Å². The van der Waals surface area contributed by atoms with Gasteiger partial charge in [0.25, 0.3) is 5.91 Å². The Labute approximate surface area is 152 Å². The van der Waals surface area contributed by atoms with Crippen LogP contribution in [-0.2, 0) is 0 Å². The molecule has 3 rings (SSSR count). The average molecular weight is 378 g/mol. The molecule has 1 aromatic carbocycles. The first kappa shape index (κ1) is 18.7. The van der Waals surface area contributed by atoms with Gasteiger partial charge in [-0.3, -0.25) is 4.79 Å². The van der Waals surface area contributed by atoms with Crippen molar-refractivity contribution in [3.05, 3.63) is 53.5 Å². The number of halogens is 3. The van der Waals surface area contributed by atoms with Crippen molar-refractivity contribution in [3.63, 3.8) is 0 Å². The lowest BCUT2D eigenvalue weighted by atomic mass is 10.1. The average Bonchev–Trinajstić information content (AvgIpc) is 3.08. The summed E-state index contributed by atoms with van der Waals surface area (Å²) in [5.74, 6) is -0.397. The second kappa shape index (κ2) is 7.26. The van der Waals surface area contributed by atoms with Gasteiger partial charge >= 0.3 is 6.18 Å². The number of hydrogen-bond acceptors (Lipinski definition) is 4. The standard InChI is InChI=1S/C18H17F3N4O2/c1-10-6-12(7-22-17(10)27-8-18(19,20)21)11(2)25-16(26)13-4-3-5-14-15(13)24-9-23-14/h3-7,9,11H,8H2,1-2H3,(H,23,24)(H,25,26). The fourth-order valence-corrected chi connectivity index (χ4v) is 2.63.